The lowest BCUT2D eigenvalue weighted by Crippen LogP contribution is -2.39. The fourth-order valence-corrected chi connectivity index (χ4v) is 3.40. The van der Waals surface area contributed by atoms with Gasteiger partial charge in [0.1, 0.15) is 0 Å². The van der Waals surface area contributed by atoms with Crippen molar-refractivity contribution in [1.29, 1.82) is 0 Å². The van der Waals surface area contributed by atoms with Crippen LogP contribution in [-0.4, -0.2) is 32.4 Å². The van der Waals surface area contributed by atoms with Crippen molar-refractivity contribution in [2.45, 2.75) is 53.4 Å². The van der Waals surface area contributed by atoms with E-state index in [1.807, 2.05) is 36.8 Å². The number of hydrogen-bond acceptors (Lipinski definition) is 5. The second kappa shape index (κ2) is 10.2. The average Bonchev–Trinajstić information content (AvgIpc) is 2.71. The van der Waals surface area contributed by atoms with Crippen LogP contribution in [0.2, 0.25) is 0 Å². The van der Waals surface area contributed by atoms with Gasteiger partial charge in [0.05, 0.1) is 17.1 Å². The Labute approximate surface area is 174 Å². The van der Waals surface area contributed by atoms with Gasteiger partial charge in [0.25, 0.3) is 0 Å². The Morgan fingerprint density at radius 1 is 0.759 bits per heavy atom. The highest BCUT2D eigenvalue weighted by atomic mass is 15.2. The van der Waals surface area contributed by atoms with Crippen molar-refractivity contribution in [2.75, 3.05) is 6.54 Å². The molecule has 3 aromatic rings. The predicted octanol–water partition coefficient (Wildman–Crippen LogP) is 3.98. The molecular formula is C24H31N5. The zero-order valence-corrected chi connectivity index (χ0v) is 17.9. The van der Waals surface area contributed by atoms with E-state index in [2.05, 4.69) is 71.1 Å². The summed E-state index contributed by atoms with van der Waals surface area (Å²) in [6, 6.07) is 12.6. The molecular weight excluding hydrogens is 358 g/mol. The molecule has 3 aromatic heterocycles. The quantitative estimate of drug-likeness (QED) is 0.600. The summed E-state index contributed by atoms with van der Waals surface area (Å²) in [6.45, 7) is 11.9. The first-order chi connectivity index (χ1) is 14.0. The molecule has 0 bridgehead atoms. The molecule has 3 rings (SSSR count). The Morgan fingerprint density at radius 3 is 1.66 bits per heavy atom. The van der Waals surface area contributed by atoms with Crippen molar-refractivity contribution in [3.05, 3.63) is 88.8 Å². The van der Waals surface area contributed by atoms with Crippen molar-refractivity contribution in [1.82, 2.24) is 25.2 Å². The van der Waals surface area contributed by atoms with Gasteiger partial charge in [-0.1, -0.05) is 18.2 Å². The highest BCUT2D eigenvalue weighted by molar-refractivity contribution is 5.20. The molecule has 0 aromatic carbocycles. The minimum absolute atomic E-state index is 0.310. The molecule has 5 nitrogen and oxygen atoms in total. The minimum Gasteiger partial charge on any atom is -0.307 e. The van der Waals surface area contributed by atoms with Crippen LogP contribution in [-0.2, 0) is 19.6 Å². The van der Waals surface area contributed by atoms with Crippen molar-refractivity contribution in [2.24, 2.45) is 0 Å². The molecule has 1 atom stereocenters. The summed E-state index contributed by atoms with van der Waals surface area (Å²) in [5.41, 5.74) is 7.01. The zero-order valence-electron chi connectivity index (χ0n) is 17.9. The molecule has 0 amide bonds. The number of pyridine rings is 3. The van der Waals surface area contributed by atoms with Gasteiger partial charge in [-0.15, -0.1) is 0 Å². The lowest BCUT2D eigenvalue weighted by Gasteiger charge is -2.27. The maximum atomic E-state index is 4.60. The van der Waals surface area contributed by atoms with Gasteiger partial charge in [0.15, 0.2) is 0 Å². The molecule has 0 saturated heterocycles. The van der Waals surface area contributed by atoms with Crippen LogP contribution in [0.1, 0.15) is 40.7 Å². The van der Waals surface area contributed by atoms with E-state index in [-0.39, 0.29) is 0 Å². The van der Waals surface area contributed by atoms with Gasteiger partial charge in [-0.05, 0) is 62.6 Å². The second-order valence-corrected chi connectivity index (χ2v) is 7.75. The lowest BCUT2D eigenvalue weighted by atomic mass is 10.1. The standard InChI is InChI=1S/C24H31N5/c1-18-8-5-11-25-22(18)14-28-21(4)15-29(16-23-19(2)9-6-12-26-23)17-24-20(3)10-7-13-27-24/h5-13,21,28H,14-17H2,1-4H3. The first-order valence-corrected chi connectivity index (χ1v) is 10.2. The van der Waals surface area contributed by atoms with Gasteiger partial charge in [-0.3, -0.25) is 19.9 Å². The number of nitrogens with one attached hydrogen (secondary N) is 1. The van der Waals surface area contributed by atoms with Gasteiger partial charge < -0.3 is 5.32 Å². The van der Waals surface area contributed by atoms with E-state index in [0.29, 0.717) is 6.04 Å². The highest BCUT2D eigenvalue weighted by Crippen LogP contribution is 2.13. The van der Waals surface area contributed by atoms with Crippen LogP contribution in [0, 0.1) is 20.8 Å². The van der Waals surface area contributed by atoms with E-state index in [0.717, 1.165) is 43.3 Å². The molecule has 1 N–H and O–H groups in total. The Balaban J connectivity index is 1.69. The Kier molecular flexibility index (Phi) is 7.44. The molecule has 0 fully saturated rings. The third-order valence-electron chi connectivity index (χ3n) is 5.25. The van der Waals surface area contributed by atoms with Crippen LogP contribution < -0.4 is 5.32 Å². The number of aromatic nitrogens is 3. The first kappa shape index (κ1) is 21.1. The minimum atomic E-state index is 0.310. The monoisotopic (exact) mass is 389 g/mol. The largest absolute Gasteiger partial charge is 0.307 e. The van der Waals surface area contributed by atoms with Gasteiger partial charge >= 0.3 is 0 Å². The number of aryl methyl sites for hydroxylation is 3. The highest BCUT2D eigenvalue weighted by Gasteiger charge is 2.15. The number of rotatable bonds is 9. The molecule has 0 aliphatic carbocycles. The van der Waals surface area contributed by atoms with Crippen LogP contribution in [0.25, 0.3) is 0 Å². The molecule has 0 aliphatic heterocycles. The van der Waals surface area contributed by atoms with E-state index >= 15 is 0 Å². The second-order valence-electron chi connectivity index (χ2n) is 7.75. The fourth-order valence-electron chi connectivity index (χ4n) is 3.40. The maximum absolute atomic E-state index is 4.60. The molecule has 5 heteroatoms. The Hall–Kier alpha value is -2.63. The molecule has 29 heavy (non-hydrogen) atoms. The van der Waals surface area contributed by atoms with Gasteiger partial charge in [0.2, 0.25) is 0 Å². The fraction of sp³-hybridized carbons (Fsp3) is 0.375. The normalized spacial score (nSPS) is 12.3. The van der Waals surface area contributed by atoms with Crippen LogP contribution in [0.4, 0.5) is 0 Å². The summed E-state index contributed by atoms with van der Waals surface area (Å²) in [7, 11) is 0. The molecule has 0 radical (unpaired) electrons. The van der Waals surface area contributed by atoms with E-state index in [9.17, 15) is 0 Å². The van der Waals surface area contributed by atoms with Crippen molar-refractivity contribution in [3.63, 3.8) is 0 Å². The lowest BCUT2D eigenvalue weighted by molar-refractivity contribution is 0.224. The average molecular weight is 390 g/mol. The Morgan fingerprint density at radius 2 is 1.21 bits per heavy atom. The summed E-state index contributed by atoms with van der Waals surface area (Å²) in [5.74, 6) is 0. The van der Waals surface area contributed by atoms with E-state index in [4.69, 9.17) is 0 Å². The predicted molar refractivity (Wildman–Crippen MR) is 117 cm³/mol. The summed E-state index contributed by atoms with van der Waals surface area (Å²) < 4.78 is 0. The Bertz CT molecular complexity index is 877. The van der Waals surface area contributed by atoms with Gasteiger partial charge in [-0.25, -0.2) is 0 Å². The molecule has 0 spiro atoms. The number of nitrogens with zero attached hydrogens (tertiary/aromatic N) is 4. The van der Waals surface area contributed by atoms with Crippen LogP contribution in [0.15, 0.2) is 55.0 Å². The molecule has 0 saturated carbocycles. The topological polar surface area (TPSA) is 53.9 Å². The van der Waals surface area contributed by atoms with Gasteiger partial charge in [-0.2, -0.15) is 0 Å². The van der Waals surface area contributed by atoms with Gasteiger partial charge in [0, 0.05) is 50.8 Å². The first-order valence-electron chi connectivity index (χ1n) is 10.2. The van der Waals surface area contributed by atoms with Crippen LogP contribution >= 0.6 is 0 Å². The molecule has 3 heterocycles. The third-order valence-corrected chi connectivity index (χ3v) is 5.25. The molecule has 152 valence electrons. The zero-order chi connectivity index (χ0) is 20.6. The number of hydrogen-bond donors (Lipinski definition) is 1. The summed E-state index contributed by atoms with van der Waals surface area (Å²) in [6.07, 6.45) is 5.60. The molecule has 0 aliphatic rings. The van der Waals surface area contributed by atoms with Crippen molar-refractivity contribution in [3.8, 4) is 0 Å². The third kappa shape index (κ3) is 6.17. The van der Waals surface area contributed by atoms with Crippen molar-refractivity contribution < 1.29 is 0 Å². The van der Waals surface area contributed by atoms with Crippen LogP contribution in [0.3, 0.4) is 0 Å². The van der Waals surface area contributed by atoms with Crippen molar-refractivity contribution >= 4 is 0 Å². The van der Waals surface area contributed by atoms with E-state index in [1.54, 1.807) is 0 Å². The van der Waals surface area contributed by atoms with Crippen LogP contribution in [0.5, 0.6) is 0 Å². The van der Waals surface area contributed by atoms with E-state index in [1.165, 1.54) is 16.7 Å². The maximum Gasteiger partial charge on any atom is 0.0573 e. The van der Waals surface area contributed by atoms with E-state index < -0.39 is 0 Å². The summed E-state index contributed by atoms with van der Waals surface area (Å²) in [5, 5.41) is 3.63. The summed E-state index contributed by atoms with van der Waals surface area (Å²) >= 11 is 0. The summed E-state index contributed by atoms with van der Waals surface area (Å²) in [4.78, 5) is 16.1. The smallest absolute Gasteiger partial charge is 0.0573 e. The molecule has 1 unspecified atom stereocenters. The SMILES string of the molecule is Cc1cccnc1CNC(C)CN(Cc1ncccc1C)Cc1ncccc1C.